The maximum absolute atomic E-state index is 12.3. The quantitative estimate of drug-likeness (QED) is 0.0239. The number of aliphatic hydroxyl groups is 2. The smallest absolute Gasteiger partial charge is 0.457 e. The van der Waals surface area contributed by atoms with Crippen molar-refractivity contribution in [1.82, 2.24) is 0 Å². The van der Waals surface area contributed by atoms with Crippen molar-refractivity contribution in [2.24, 2.45) is 0 Å². The second kappa shape index (κ2) is 37.8. The van der Waals surface area contributed by atoms with Gasteiger partial charge in [0.25, 0.3) is 0 Å². The summed E-state index contributed by atoms with van der Waals surface area (Å²) in [7, 11) is -4.63. The first-order valence-corrected chi connectivity index (χ1v) is 22.3. The number of phosphoric acid groups is 1. The van der Waals surface area contributed by atoms with Crippen LogP contribution >= 0.6 is 7.82 Å². The average Bonchev–Trinajstić information content (AvgIpc) is 3.13. The fourth-order valence-corrected chi connectivity index (χ4v) is 6.42. The Bertz CT molecular complexity index is 925. The topological polar surface area (TPSA) is 149 Å². The molecular weight excluding hydrogens is 683 g/mol. The number of aliphatic hydroxyl groups excluding tert-OH is 2. The van der Waals surface area contributed by atoms with E-state index in [0.717, 1.165) is 64.2 Å². The molecular formula is C41H77O10P. The molecule has 0 fully saturated rings. The zero-order valence-electron chi connectivity index (χ0n) is 33.0. The molecule has 0 saturated carbocycles. The molecule has 3 N–H and O–H groups in total. The largest absolute Gasteiger partial charge is 0.472 e. The highest BCUT2D eigenvalue weighted by molar-refractivity contribution is 7.47. The molecule has 11 heteroatoms. The van der Waals surface area contributed by atoms with Crippen LogP contribution in [0, 0.1) is 0 Å². The molecule has 3 unspecified atom stereocenters. The molecule has 0 aromatic rings. The summed E-state index contributed by atoms with van der Waals surface area (Å²) < 4.78 is 32.5. The Morgan fingerprint density at radius 2 is 0.788 bits per heavy atom. The predicted molar refractivity (Wildman–Crippen MR) is 210 cm³/mol. The molecule has 0 aliphatic rings. The minimum atomic E-state index is -4.63. The fourth-order valence-electron chi connectivity index (χ4n) is 5.63. The van der Waals surface area contributed by atoms with Crippen LogP contribution in [-0.2, 0) is 32.7 Å². The Labute approximate surface area is 317 Å². The van der Waals surface area contributed by atoms with E-state index >= 15 is 0 Å². The van der Waals surface area contributed by atoms with E-state index in [9.17, 15) is 29.3 Å². The molecule has 306 valence electrons. The van der Waals surface area contributed by atoms with E-state index in [4.69, 9.17) is 18.5 Å². The van der Waals surface area contributed by atoms with Crippen molar-refractivity contribution in [2.45, 2.75) is 199 Å². The zero-order valence-corrected chi connectivity index (χ0v) is 33.9. The van der Waals surface area contributed by atoms with Crippen molar-refractivity contribution in [1.29, 1.82) is 0 Å². The number of hydrogen-bond donors (Lipinski definition) is 3. The van der Waals surface area contributed by atoms with E-state index in [1.165, 1.54) is 83.5 Å². The van der Waals surface area contributed by atoms with Crippen LogP contribution in [0.1, 0.15) is 187 Å². The number of hydrogen-bond acceptors (Lipinski definition) is 9. The maximum Gasteiger partial charge on any atom is 0.472 e. The van der Waals surface area contributed by atoms with E-state index in [-0.39, 0.29) is 12.8 Å². The summed E-state index contributed by atoms with van der Waals surface area (Å²) in [6, 6.07) is 0. The number of unbranched alkanes of at least 4 members (excludes halogenated alkanes) is 21. The number of carbonyl (C=O) groups excluding carboxylic acids is 2. The van der Waals surface area contributed by atoms with Crippen molar-refractivity contribution >= 4 is 19.8 Å². The van der Waals surface area contributed by atoms with Gasteiger partial charge in [-0.05, 0) is 64.2 Å². The Kier molecular flexibility index (Phi) is 36.6. The molecule has 0 heterocycles. The van der Waals surface area contributed by atoms with Gasteiger partial charge >= 0.3 is 19.8 Å². The summed E-state index contributed by atoms with van der Waals surface area (Å²) in [5.41, 5.74) is 0. The summed E-state index contributed by atoms with van der Waals surface area (Å²) in [5, 5.41) is 19.1. The minimum absolute atomic E-state index is 0.183. The van der Waals surface area contributed by atoms with E-state index in [1.807, 2.05) is 0 Å². The van der Waals surface area contributed by atoms with Gasteiger partial charge in [-0.15, -0.1) is 0 Å². The van der Waals surface area contributed by atoms with Gasteiger partial charge in [0.15, 0.2) is 0 Å². The minimum Gasteiger partial charge on any atom is -0.457 e. The third kappa shape index (κ3) is 35.5. The summed E-state index contributed by atoms with van der Waals surface area (Å²) in [4.78, 5) is 34.4. The lowest BCUT2D eigenvalue weighted by atomic mass is 10.1. The molecule has 0 radical (unpaired) electrons. The third-order valence-electron chi connectivity index (χ3n) is 8.89. The molecule has 52 heavy (non-hydrogen) atoms. The molecule has 0 aromatic carbocycles. The van der Waals surface area contributed by atoms with E-state index in [2.05, 4.69) is 38.2 Å². The van der Waals surface area contributed by atoms with Gasteiger partial charge in [0.2, 0.25) is 0 Å². The molecule has 0 spiro atoms. The van der Waals surface area contributed by atoms with Crippen molar-refractivity contribution < 1.29 is 47.8 Å². The van der Waals surface area contributed by atoms with Crippen molar-refractivity contribution in [2.75, 3.05) is 26.4 Å². The number of allylic oxidation sites excluding steroid dienone is 4. The van der Waals surface area contributed by atoms with Gasteiger partial charge < -0.3 is 24.6 Å². The summed E-state index contributed by atoms with van der Waals surface area (Å²) in [6.45, 7) is 2.16. The molecule has 3 atom stereocenters. The first-order chi connectivity index (χ1) is 25.3. The molecule has 0 aromatic heterocycles. The highest BCUT2D eigenvalue weighted by atomic mass is 31.2. The Balaban J connectivity index is 3.94. The summed E-state index contributed by atoms with van der Waals surface area (Å²) in [5.74, 6) is -1.03. The number of esters is 2. The van der Waals surface area contributed by atoms with Crippen molar-refractivity contribution in [3.8, 4) is 0 Å². The standard InChI is InChI=1S/C41H77O10P/c1-3-5-7-9-11-13-15-17-18-19-20-21-23-25-27-29-31-33-41(45)51-39(35-43)37-49-52(46,47)48-36-38(34-42)50-40(44)32-30-28-26-24-22-16-14-12-10-8-6-4-2/h12,14,17-18,38-39,42-43H,3-11,13,15-16,19-37H2,1-2H3,(H,46,47)/b14-12-,18-17-. The SMILES string of the molecule is CCCCC/C=C\CCCCCCCC(=O)OC(CO)COP(=O)(O)OCC(CO)OC(=O)CCCCCCCCC/C=C\CCCCCCCC. The third-order valence-corrected chi connectivity index (χ3v) is 9.84. The van der Waals surface area contributed by atoms with Crippen molar-refractivity contribution in [3.63, 3.8) is 0 Å². The first kappa shape index (κ1) is 50.5. The highest BCUT2D eigenvalue weighted by Crippen LogP contribution is 2.43. The van der Waals surface area contributed by atoms with Gasteiger partial charge in [0.1, 0.15) is 12.2 Å². The van der Waals surface area contributed by atoms with Crippen LogP contribution < -0.4 is 0 Å². The van der Waals surface area contributed by atoms with Gasteiger partial charge in [-0.25, -0.2) is 4.57 Å². The lowest BCUT2D eigenvalue weighted by molar-refractivity contribution is -0.153. The van der Waals surface area contributed by atoms with Gasteiger partial charge in [0.05, 0.1) is 26.4 Å². The van der Waals surface area contributed by atoms with Crippen LogP contribution in [0.4, 0.5) is 0 Å². The monoisotopic (exact) mass is 761 g/mol. The molecule has 0 rings (SSSR count). The Morgan fingerprint density at radius 3 is 1.13 bits per heavy atom. The summed E-state index contributed by atoms with van der Waals surface area (Å²) in [6.07, 6.45) is 35.8. The molecule has 0 amide bonds. The lowest BCUT2D eigenvalue weighted by Crippen LogP contribution is -2.28. The van der Waals surface area contributed by atoms with Crippen LogP contribution in [0.3, 0.4) is 0 Å². The van der Waals surface area contributed by atoms with Gasteiger partial charge in [0, 0.05) is 12.8 Å². The van der Waals surface area contributed by atoms with Gasteiger partial charge in [-0.3, -0.25) is 18.6 Å². The second-order valence-corrected chi connectivity index (χ2v) is 15.4. The summed E-state index contributed by atoms with van der Waals surface area (Å²) >= 11 is 0. The molecule has 0 bridgehead atoms. The molecule has 0 aliphatic heterocycles. The Hall–Kier alpha value is -1.55. The highest BCUT2D eigenvalue weighted by Gasteiger charge is 2.27. The van der Waals surface area contributed by atoms with Gasteiger partial charge in [-0.1, -0.05) is 134 Å². The van der Waals surface area contributed by atoms with Crippen LogP contribution in [0.5, 0.6) is 0 Å². The fraction of sp³-hybridized carbons (Fsp3) is 0.854. The maximum atomic E-state index is 12.3. The van der Waals surface area contributed by atoms with E-state index < -0.39 is 58.4 Å². The first-order valence-electron chi connectivity index (χ1n) is 20.8. The second-order valence-electron chi connectivity index (χ2n) is 14.0. The van der Waals surface area contributed by atoms with Crippen LogP contribution in [0.15, 0.2) is 24.3 Å². The lowest BCUT2D eigenvalue weighted by Gasteiger charge is -2.20. The number of rotatable bonds is 39. The molecule has 10 nitrogen and oxygen atoms in total. The van der Waals surface area contributed by atoms with Gasteiger partial charge in [-0.2, -0.15) is 0 Å². The van der Waals surface area contributed by atoms with Crippen LogP contribution in [0.2, 0.25) is 0 Å². The zero-order chi connectivity index (χ0) is 38.4. The number of ether oxygens (including phenoxy) is 2. The van der Waals surface area contributed by atoms with Crippen LogP contribution in [0.25, 0.3) is 0 Å². The average molecular weight is 761 g/mol. The molecule has 0 saturated heterocycles. The number of phosphoric ester groups is 1. The Morgan fingerprint density at radius 1 is 0.500 bits per heavy atom. The predicted octanol–water partition coefficient (Wildman–Crippen LogP) is 10.6. The number of carbonyl (C=O) groups is 2. The van der Waals surface area contributed by atoms with E-state index in [1.54, 1.807) is 0 Å². The normalized spacial score (nSPS) is 14.2. The molecule has 0 aliphatic carbocycles. The van der Waals surface area contributed by atoms with Crippen LogP contribution in [-0.4, -0.2) is 65.7 Å². The van der Waals surface area contributed by atoms with E-state index in [0.29, 0.717) is 12.8 Å². The van der Waals surface area contributed by atoms with Crippen molar-refractivity contribution in [3.05, 3.63) is 24.3 Å².